The molecule has 6 heteroatoms. The summed E-state index contributed by atoms with van der Waals surface area (Å²) in [5.74, 6) is -3.55. The minimum absolute atomic E-state index is 0.770. The van der Waals surface area contributed by atoms with Crippen molar-refractivity contribution in [3.63, 3.8) is 0 Å². The first-order chi connectivity index (χ1) is 16.5. The topological polar surface area (TPSA) is 80.3 Å². The van der Waals surface area contributed by atoms with Crippen LogP contribution in [0, 0.1) is 5.92 Å². The van der Waals surface area contributed by atoms with Gasteiger partial charge in [0, 0.05) is 0 Å². The van der Waals surface area contributed by atoms with Gasteiger partial charge in [0.25, 0.3) is 0 Å². The van der Waals surface area contributed by atoms with Gasteiger partial charge in [-0.25, -0.2) is 0 Å². The van der Waals surface area contributed by atoms with E-state index in [0.717, 1.165) is 25.4 Å². The van der Waals surface area contributed by atoms with Crippen LogP contribution in [0.15, 0.2) is 72.8 Å². The maximum atomic E-state index is 12.7. The molecule has 0 spiro atoms. The Bertz CT molecular complexity index is 842. The molecule has 0 saturated heterocycles. The van der Waals surface area contributed by atoms with Crippen LogP contribution < -0.4 is 16.4 Å². The molecule has 2 aromatic carbocycles. The first kappa shape index (κ1) is 29.2. The SMILES string of the molecule is CCCCCCCCCC/C=C/C(C(=O)[O-])[C]([Hg][c]1ccccc1)([Hg][c]1ccccc1)C(=O)[O-]. The van der Waals surface area contributed by atoms with Crippen molar-refractivity contribution < 1.29 is 69.0 Å². The van der Waals surface area contributed by atoms with Gasteiger partial charge in [0.1, 0.15) is 0 Å². The van der Waals surface area contributed by atoms with Gasteiger partial charge in [-0.3, -0.25) is 0 Å². The van der Waals surface area contributed by atoms with Gasteiger partial charge in [-0.05, 0) is 0 Å². The van der Waals surface area contributed by atoms with Crippen molar-refractivity contribution in [2.24, 2.45) is 5.92 Å². The fourth-order valence-electron chi connectivity index (χ4n) is 4.59. The average Bonchev–Trinajstić information content (AvgIpc) is 2.83. The van der Waals surface area contributed by atoms with Gasteiger partial charge in [-0.2, -0.15) is 0 Å². The van der Waals surface area contributed by atoms with E-state index in [9.17, 15) is 19.8 Å². The van der Waals surface area contributed by atoms with Gasteiger partial charge in [0.2, 0.25) is 0 Å². The summed E-state index contributed by atoms with van der Waals surface area (Å²) in [5, 5.41) is 25.1. The molecule has 0 aliphatic rings. The zero-order valence-electron chi connectivity index (χ0n) is 20.4. The summed E-state index contributed by atoms with van der Waals surface area (Å²) in [6.45, 7) is 2.22. The second-order valence-electron chi connectivity index (χ2n) is 9.26. The third-order valence-corrected chi connectivity index (χ3v) is 41.0. The molecule has 0 aliphatic carbocycles. The molecule has 0 amide bonds. The molecule has 0 saturated carbocycles. The molecule has 1 unspecified atom stereocenters. The molecule has 4 nitrogen and oxygen atoms in total. The van der Waals surface area contributed by atoms with Crippen LogP contribution in [0.2, 0.25) is 0.432 Å². The number of aliphatic carboxylic acids is 2. The van der Waals surface area contributed by atoms with Crippen LogP contribution in [-0.2, 0) is 58.7 Å². The Morgan fingerprint density at radius 1 is 0.794 bits per heavy atom. The van der Waals surface area contributed by atoms with E-state index in [1.54, 1.807) is 6.08 Å². The van der Waals surface area contributed by atoms with E-state index in [4.69, 9.17) is 0 Å². The first-order valence-electron chi connectivity index (χ1n) is 12.7. The summed E-state index contributed by atoms with van der Waals surface area (Å²) in [6, 6.07) is 19.2. The number of allylic oxidation sites excluding steroid dienone is 1. The number of benzene rings is 2. The summed E-state index contributed by atoms with van der Waals surface area (Å²) in [4.78, 5) is 25.1. The molecular formula is C28H34Hg2O4-2. The molecule has 0 N–H and O–H groups in total. The molecule has 0 aromatic heterocycles. The van der Waals surface area contributed by atoms with Crippen LogP contribution in [0.25, 0.3) is 0 Å². The van der Waals surface area contributed by atoms with E-state index in [1.807, 2.05) is 66.7 Å². The number of unbranched alkanes of at least 4 members (excludes halogenated alkanes) is 8. The van der Waals surface area contributed by atoms with Gasteiger partial charge in [0.15, 0.2) is 0 Å². The van der Waals surface area contributed by atoms with E-state index in [0.29, 0.717) is 0 Å². The number of carbonyl (C=O) groups excluding carboxylic acids is 2. The van der Waals surface area contributed by atoms with E-state index in [2.05, 4.69) is 6.92 Å². The van der Waals surface area contributed by atoms with E-state index in [1.165, 1.54) is 38.5 Å². The third kappa shape index (κ3) is 9.93. The minimum atomic E-state index is -2.45. The molecule has 2 aromatic rings. The Morgan fingerprint density at radius 2 is 1.26 bits per heavy atom. The molecule has 1 atom stereocenters. The summed E-state index contributed by atoms with van der Waals surface area (Å²) in [5.41, 5.74) is 0. The van der Waals surface area contributed by atoms with Gasteiger partial charge >= 0.3 is 218 Å². The normalized spacial score (nSPS) is 12.1. The molecular weight excluding hydrogens is 801 g/mol. The van der Waals surface area contributed by atoms with Crippen molar-refractivity contribution in [2.45, 2.75) is 65.1 Å². The number of hydrogen-bond donors (Lipinski definition) is 0. The van der Waals surface area contributed by atoms with Crippen LogP contribution in [0.1, 0.15) is 64.7 Å². The zero-order valence-corrected chi connectivity index (χ0v) is 31.4. The quantitative estimate of drug-likeness (QED) is 0.140. The molecule has 2 rings (SSSR count). The number of hydrogen-bond acceptors (Lipinski definition) is 4. The first-order valence-corrected chi connectivity index (χ1v) is 23.7. The molecule has 0 heterocycles. The molecule has 176 valence electrons. The van der Waals surface area contributed by atoms with Crippen molar-refractivity contribution in [3.05, 3.63) is 72.8 Å². The van der Waals surface area contributed by atoms with Crippen LogP contribution in [-0.4, -0.2) is 11.9 Å². The fraction of sp³-hybridized carbons (Fsp3) is 0.429. The Kier molecular flexibility index (Phi) is 14.3. The summed E-state index contributed by atoms with van der Waals surface area (Å²) < 4.78 is 0.854. The third-order valence-electron chi connectivity index (χ3n) is 6.53. The Hall–Kier alpha value is -1.01. The molecule has 0 fully saturated rings. The predicted molar refractivity (Wildman–Crippen MR) is 125 cm³/mol. The number of carboxylic acids is 2. The summed E-state index contributed by atoms with van der Waals surface area (Å²) in [7, 11) is 0. The Labute approximate surface area is 229 Å². The van der Waals surface area contributed by atoms with Gasteiger partial charge < -0.3 is 0 Å². The number of rotatable bonds is 17. The number of carboxylic acid groups (broad SMARTS) is 2. The zero-order chi connectivity index (χ0) is 24.7. The van der Waals surface area contributed by atoms with Crippen LogP contribution in [0.4, 0.5) is 0 Å². The fourth-order valence-corrected chi connectivity index (χ4v) is 43.8. The van der Waals surface area contributed by atoms with E-state index in [-0.39, 0.29) is 0 Å². The second kappa shape index (κ2) is 16.6. The van der Waals surface area contributed by atoms with Crippen molar-refractivity contribution in [1.82, 2.24) is 0 Å². The monoisotopic (exact) mass is 838 g/mol. The van der Waals surface area contributed by atoms with Crippen molar-refractivity contribution in [3.8, 4) is 0 Å². The van der Waals surface area contributed by atoms with Crippen LogP contribution >= 0.6 is 0 Å². The maximum absolute atomic E-state index is 12.7. The predicted octanol–water partition coefficient (Wildman–Crippen LogP) is 3.12. The van der Waals surface area contributed by atoms with Crippen molar-refractivity contribution >= 4 is 18.1 Å². The standard InChI is InChI=1S/C16H26O4.2C6H5.2Hg/c1-2-3-4-5-6-7-8-9-10-11-12-14(16(19)20)13-15(17)18;2*1-2-4-6-5-3-1;;/h11-12,14H,2-10H2,1H3,(H,17,18)(H,19,20);2*1-5H;;/p-2/b12-11+;;;;. The molecule has 34 heavy (non-hydrogen) atoms. The van der Waals surface area contributed by atoms with E-state index >= 15 is 0 Å². The van der Waals surface area contributed by atoms with Gasteiger partial charge in [0.05, 0.1) is 0 Å². The van der Waals surface area contributed by atoms with Gasteiger partial charge in [-0.15, -0.1) is 0 Å². The van der Waals surface area contributed by atoms with Crippen molar-refractivity contribution in [1.29, 1.82) is 0 Å². The summed E-state index contributed by atoms with van der Waals surface area (Å²) in [6.07, 6.45) is 14.0. The molecule has 0 radical (unpaired) electrons. The Morgan fingerprint density at radius 3 is 1.71 bits per heavy atom. The van der Waals surface area contributed by atoms with E-state index < -0.39 is 67.4 Å². The van der Waals surface area contributed by atoms with Crippen molar-refractivity contribution in [2.75, 3.05) is 0 Å². The summed E-state index contributed by atoms with van der Waals surface area (Å²) >= 11 is -4.91. The van der Waals surface area contributed by atoms with Crippen LogP contribution in [0.5, 0.6) is 0 Å². The molecule has 0 aliphatic heterocycles. The van der Waals surface area contributed by atoms with Crippen LogP contribution in [0.3, 0.4) is 0 Å². The Balaban J connectivity index is 2.15. The number of carbonyl (C=O) groups is 2. The average molecular weight is 836 g/mol. The molecule has 0 bridgehead atoms. The second-order valence-corrected chi connectivity index (χ2v) is 43.3. The van der Waals surface area contributed by atoms with Gasteiger partial charge in [-0.1, -0.05) is 13.3 Å².